The Morgan fingerprint density at radius 2 is 1.51 bits per heavy atom. The summed E-state index contributed by atoms with van der Waals surface area (Å²) in [6, 6.07) is 10.6. The lowest BCUT2D eigenvalue weighted by molar-refractivity contribution is -0.138. The molecule has 0 radical (unpaired) electrons. The zero-order valence-corrected chi connectivity index (χ0v) is 19.3. The molecule has 3 aromatic rings. The van der Waals surface area contributed by atoms with Crippen LogP contribution in [0.4, 0.5) is 17.6 Å². The molecule has 0 bridgehead atoms. The van der Waals surface area contributed by atoms with E-state index in [-0.39, 0.29) is 49.9 Å². The van der Waals surface area contributed by atoms with Gasteiger partial charge in [0.2, 0.25) is 5.91 Å². The zero-order chi connectivity index (χ0) is 25.3. The zero-order valence-electron chi connectivity index (χ0n) is 19.3. The maximum Gasteiger partial charge on any atom is 0.417 e. The van der Waals surface area contributed by atoms with Crippen LogP contribution in [0.25, 0.3) is 5.69 Å². The van der Waals surface area contributed by atoms with Gasteiger partial charge in [-0.05, 0) is 50.2 Å². The van der Waals surface area contributed by atoms with Crippen LogP contribution in [0.5, 0.6) is 0 Å². The van der Waals surface area contributed by atoms with Crippen LogP contribution in [0, 0.1) is 19.7 Å². The van der Waals surface area contributed by atoms with Gasteiger partial charge in [-0.1, -0.05) is 12.1 Å². The number of halogens is 4. The second kappa shape index (κ2) is 9.52. The van der Waals surface area contributed by atoms with Gasteiger partial charge in [-0.25, -0.2) is 9.07 Å². The van der Waals surface area contributed by atoms with Crippen LogP contribution in [0.3, 0.4) is 0 Å². The quantitative estimate of drug-likeness (QED) is 0.518. The van der Waals surface area contributed by atoms with Gasteiger partial charge < -0.3 is 9.80 Å². The predicted molar refractivity (Wildman–Crippen MR) is 121 cm³/mol. The Balaban J connectivity index is 1.42. The fraction of sp³-hybridized carbons (Fsp3) is 0.320. The van der Waals surface area contributed by atoms with Crippen LogP contribution in [-0.4, -0.2) is 57.6 Å². The average Bonchev–Trinajstić information content (AvgIpc) is 3.12. The van der Waals surface area contributed by atoms with Crippen LogP contribution in [0.1, 0.15) is 32.9 Å². The number of amides is 2. The molecule has 2 heterocycles. The molecule has 1 fully saturated rings. The molecule has 6 nitrogen and oxygen atoms in total. The summed E-state index contributed by atoms with van der Waals surface area (Å²) in [6.07, 6.45) is -4.53. The van der Waals surface area contributed by atoms with Crippen molar-refractivity contribution in [2.24, 2.45) is 0 Å². The molecule has 1 saturated heterocycles. The molecule has 184 valence electrons. The summed E-state index contributed by atoms with van der Waals surface area (Å²) in [6.45, 7) is 4.37. The number of alkyl halides is 3. The third-order valence-electron chi connectivity index (χ3n) is 6.22. The minimum Gasteiger partial charge on any atom is -0.339 e. The highest BCUT2D eigenvalue weighted by molar-refractivity contribution is 5.96. The first kappa shape index (κ1) is 24.4. The van der Waals surface area contributed by atoms with E-state index in [1.165, 1.54) is 35.2 Å². The van der Waals surface area contributed by atoms with E-state index in [4.69, 9.17) is 0 Å². The van der Waals surface area contributed by atoms with Gasteiger partial charge in [0.15, 0.2) is 0 Å². The van der Waals surface area contributed by atoms with Crippen molar-refractivity contribution in [3.8, 4) is 5.69 Å². The predicted octanol–water partition coefficient (Wildman–Crippen LogP) is 4.17. The lowest BCUT2D eigenvalue weighted by Gasteiger charge is -2.35. The van der Waals surface area contributed by atoms with Crippen molar-refractivity contribution in [2.75, 3.05) is 26.2 Å². The molecule has 2 amide bonds. The maximum absolute atomic E-state index is 13.3. The molecule has 0 saturated carbocycles. The van der Waals surface area contributed by atoms with E-state index in [0.29, 0.717) is 11.4 Å². The summed E-state index contributed by atoms with van der Waals surface area (Å²) < 4.78 is 54.8. The van der Waals surface area contributed by atoms with E-state index in [9.17, 15) is 27.2 Å². The van der Waals surface area contributed by atoms with Gasteiger partial charge in [-0.15, -0.1) is 0 Å². The summed E-state index contributed by atoms with van der Waals surface area (Å²) in [4.78, 5) is 28.7. The highest BCUT2D eigenvalue weighted by Crippen LogP contribution is 2.32. The molecular weight excluding hydrogens is 464 g/mol. The van der Waals surface area contributed by atoms with Crippen LogP contribution >= 0.6 is 0 Å². The third kappa shape index (κ3) is 5.06. The molecule has 35 heavy (non-hydrogen) atoms. The SMILES string of the molecule is Cc1nn(-c2ccc(F)cc2)c(C)c1CC(=O)N1CCN(C(=O)c2ccccc2C(F)(F)F)CC1. The van der Waals surface area contributed by atoms with E-state index in [0.717, 1.165) is 17.3 Å². The summed E-state index contributed by atoms with van der Waals surface area (Å²) in [5.74, 6) is -1.21. The molecule has 0 spiro atoms. The molecule has 1 aromatic heterocycles. The van der Waals surface area contributed by atoms with Gasteiger partial charge in [0.1, 0.15) is 5.82 Å². The van der Waals surface area contributed by atoms with Crippen LogP contribution < -0.4 is 0 Å². The Labute approximate surface area is 199 Å². The molecule has 0 unspecified atom stereocenters. The number of rotatable bonds is 4. The van der Waals surface area contributed by atoms with Crippen molar-refractivity contribution in [3.63, 3.8) is 0 Å². The van der Waals surface area contributed by atoms with Crippen LogP contribution in [0.2, 0.25) is 0 Å². The number of carbonyl (C=O) groups excluding carboxylic acids is 2. The number of aromatic nitrogens is 2. The van der Waals surface area contributed by atoms with Crippen molar-refractivity contribution in [3.05, 3.63) is 82.4 Å². The summed E-state index contributed by atoms with van der Waals surface area (Å²) in [7, 11) is 0. The summed E-state index contributed by atoms with van der Waals surface area (Å²) in [5.41, 5.74) is 1.53. The molecule has 0 N–H and O–H groups in total. The minimum absolute atomic E-state index is 0.101. The second-order valence-electron chi connectivity index (χ2n) is 8.43. The van der Waals surface area contributed by atoms with E-state index in [1.54, 1.807) is 28.6 Å². The topological polar surface area (TPSA) is 58.4 Å². The Morgan fingerprint density at radius 3 is 2.14 bits per heavy atom. The Hall–Kier alpha value is -3.69. The van der Waals surface area contributed by atoms with Gasteiger partial charge in [0.25, 0.3) is 5.91 Å². The van der Waals surface area contributed by atoms with Gasteiger partial charge in [0.05, 0.1) is 28.9 Å². The fourth-order valence-electron chi connectivity index (χ4n) is 4.27. The van der Waals surface area contributed by atoms with Crippen molar-refractivity contribution in [1.29, 1.82) is 0 Å². The molecule has 4 rings (SSSR count). The molecule has 2 aromatic carbocycles. The standard InChI is InChI=1S/C25H24F4N4O2/c1-16-21(17(2)33(30-16)19-9-7-18(26)8-10-19)15-23(34)31-11-13-32(14-12-31)24(35)20-5-3-4-6-22(20)25(27,28)29/h3-10H,11-15H2,1-2H3. The molecular formula is C25H24F4N4O2. The Morgan fingerprint density at radius 1 is 0.914 bits per heavy atom. The maximum atomic E-state index is 13.3. The highest BCUT2D eigenvalue weighted by Gasteiger charge is 2.36. The highest BCUT2D eigenvalue weighted by atomic mass is 19.4. The fourth-order valence-corrected chi connectivity index (χ4v) is 4.27. The van der Waals surface area contributed by atoms with Crippen molar-refractivity contribution >= 4 is 11.8 Å². The van der Waals surface area contributed by atoms with E-state index in [2.05, 4.69) is 5.10 Å². The number of hydrogen-bond donors (Lipinski definition) is 0. The normalized spacial score (nSPS) is 14.3. The van der Waals surface area contributed by atoms with Gasteiger partial charge in [-0.2, -0.15) is 18.3 Å². The number of aryl methyl sites for hydroxylation is 1. The van der Waals surface area contributed by atoms with E-state index in [1.807, 2.05) is 6.92 Å². The number of piperazine rings is 1. The number of carbonyl (C=O) groups is 2. The van der Waals surface area contributed by atoms with Crippen molar-refractivity contribution in [2.45, 2.75) is 26.4 Å². The first-order valence-electron chi connectivity index (χ1n) is 11.1. The van der Waals surface area contributed by atoms with E-state index >= 15 is 0 Å². The van der Waals surface area contributed by atoms with E-state index < -0.39 is 17.6 Å². The number of hydrogen-bond acceptors (Lipinski definition) is 3. The lowest BCUT2D eigenvalue weighted by atomic mass is 10.1. The Kier molecular flexibility index (Phi) is 6.64. The molecule has 10 heteroatoms. The number of benzene rings is 2. The monoisotopic (exact) mass is 488 g/mol. The van der Waals surface area contributed by atoms with Gasteiger partial charge >= 0.3 is 6.18 Å². The molecule has 1 aliphatic heterocycles. The van der Waals surface area contributed by atoms with Gasteiger partial charge in [-0.3, -0.25) is 9.59 Å². The van der Waals surface area contributed by atoms with Crippen molar-refractivity contribution in [1.82, 2.24) is 19.6 Å². The van der Waals surface area contributed by atoms with Crippen LogP contribution in [-0.2, 0) is 17.4 Å². The minimum atomic E-state index is -4.63. The second-order valence-corrected chi connectivity index (χ2v) is 8.43. The first-order valence-corrected chi connectivity index (χ1v) is 11.1. The summed E-state index contributed by atoms with van der Waals surface area (Å²) in [5, 5.41) is 4.48. The molecule has 1 aliphatic rings. The largest absolute Gasteiger partial charge is 0.417 e. The smallest absolute Gasteiger partial charge is 0.339 e. The van der Waals surface area contributed by atoms with Crippen LogP contribution in [0.15, 0.2) is 48.5 Å². The third-order valence-corrected chi connectivity index (χ3v) is 6.22. The first-order chi connectivity index (χ1) is 16.6. The summed E-state index contributed by atoms with van der Waals surface area (Å²) >= 11 is 0. The molecule has 0 atom stereocenters. The molecule has 0 aliphatic carbocycles. The van der Waals surface area contributed by atoms with Crippen molar-refractivity contribution < 1.29 is 27.2 Å². The number of nitrogens with zero attached hydrogens (tertiary/aromatic N) is 4. The van der Waals surface area contributed by atoms with Gasteiger partial charge in [0, 0.05) is 37.4 Å². The average molecular weight is 488 g/mol. The lowest BCUT2D eigenvalue weighted by Crippen LogP contribution is -2.51. The Bertz CT molecular complexity index is 1240.